The second-order valence-corrected chi connectivity index (χ2v) is 8.89. The Morgan fingerprint density at radius 3 is 2.23 bits per heavy atom. The number of fused-ring (bicyclic) bond motifs is 1. The lowest BCUT2D eigenvalue weighted by atomic mass is 10.2. The van der Waals surface area contributed by atoms with Crippen LogP contribution in [-0.2, 0) is 23.1 Å². The number of aromatic nitrogens is 1. The van der Waals surface area contributed by atoms with Gasteiger partial charge in [0.05, 0.1) is 17.0 Å². The fraction of sp³-hybridized carbons (Fsp3) is 0.0952. The highest BCUT2D eigenvalue weighted by Crippen LogP contribution is 2.23. The number of imide groups is 1. The van der Waals surface area contributed by atoms with Crippen LogP contribution in [-0.4, -0.2) is 30.1 Å². The summed E-state index contributed by atoms with van der Waals surface area (Å²) >= 11 is 5.83. The van der Waals surface area contributed by atoms with E-state index in [0.29, 0.717) is 10.6 Å². The summed E-state index contributed by atoms with van der Waals surface area (Å²) in [5.74, 6) is -0.874. The van der Waals surface area contributed by atoms with Crippen LogP contribution in [0, 0.1) is 0 Å². The Morgan fingerprint density at radius 1 is 0.900 bits per heavy atom. The molecule has 1 aliphatic rings. The standard InChI is InChI=1S/C21H16ClN3O4S/c22-16-7-3-14(4-8-16)12-24-30(28,29)17-9-5-15(6-10-17)13-25-20(26)18-2-1-11-23-19(18)21(25)27/h1-11,24H,12-13H2. The van der Waals surface area contributed by atoms with Crippen LogP contribution in [0.3, 0.4) is 0 Å². The van der Waals surface area contributed by atoms with Crippen LogP contribution in [0.5, 0.6) is 0 Å². The first-order chi connectivity index (χ1) is 14.3. The molecule has 3 aromatic rings. The second kappa shape index (κ2) is 7.98. The minimum Gasteiger partial charge on any atom is -0.268 e. The zero-order valence-corrected chi connectivity index (χ0v) is 17.2. The van der Waals surface area contributed by atoms with E-state index < -0.39 is 21.8 Å². The zero-order chi connectivity index (χ0) is 21.3. The molecule has 0 aliphatic carbocycles. The van der Waals surface area contributed by atoms with Crippen LogP contribution in [0.2, 0.25) is 5.02 Å². The third-order valence-electron chi connectivity index (χ3n) is 4.68. The third-order valence-corrected chi connectivity index (χ3v) is 6.35. The molecule has 2 amide bonds. The first kappa shape index (κ1) is 20.2. The van der Waals surface area contributed by atoms with Crippen molar-refractivity contribution in [2.45, 2.75) is 18.0 Å². The van der Waals surface area contributed by atoms with Crippen LogP contribution in [0.15, 0.2) is 71.8 Å². The fourth-order valence-corrected chi connectivity index (χ4v) is 4.22. The molecule has 0 radical (unpaired) electrons. The number of nitrogens with zero attached hydrogens (tertiary/aromatic N) is 2. The summed E-state index contributed by atoms with van der Waals surface area (Å²) in [4.78, 5) is 30.0. The molecule has 0 bridgehead atoms. The number of hydrogen-bond donors (Lipinski definition) is 1. The maximum Gasteiger partial charge on any atom is 0.280 e. The maximum absolute atomic E-state index is 12.5. The van der Waals surface area contributed by atoms with Gasteiger partial charge in [0.2, 0.25) is 10.0 Å². The molecule has 1 aromatic heterocycles. The molecule has 0 atom stereocenters. The quantitative estimate of drug-likeness (QED) is 0.593. The van der Waals surface area contributed by atoms with Crippen molar-refractivity contribution in [3.8, 4) is 0 Å². The van der Waals surface area contributed by atoms with Crippen molar-refractivity contribution in [2.75, 3.05) is 0 Å². The van der Waals surface area contributed by atoms with Gasteiger partial charge in [0, 0.05) is 17.8 Å². The van der Waals surface area contributed by atoms with Gasteiger partial charge in [-0.25, -0.2) is 13.1 Å². The van der Waals surface area contributed by atoms with Gasteiger partial charge in [-0.2, -0.15) is 0 Å². The highest BCUT2D eigenvalue weighted by Gasteiger charge is 2.36. The molecule has 0 unspecified atom stereocenters. The largest absolute Gasteiger partial charge is 0.280 e. The van der Waals surface area contributed by atoms with Crippen molar-refractivity contribution in [3.05, 3.63) is 94.3 Å². The molecule has 30 heavy (non-hydrogen) atoms. The van der Waals surface area contributed by atoms with Crippen LogP contribution in [0.25, 0.3) is 0 Å². The number of carbonyl (C=O) groups excluding carboxylic acids is 2. The number of carbonyl (C=O) groups is 2. The Bertz CT molecular complexity index is 1190. The molecule has 2 heterocycles. The first-order valence-electron chi connectivity index (χ1n) is 8.99. The predicted octanol–water partition coefficient (Wildman–Crippen LogP) is 3.01. The molecule has 4 rings (SSSR count). The van der Waals surface area contributed by atoms with Gasteiger partial charge in [-0.05, 0) is 47.5 Å². The van der Waals surface area contributed by atoms with E-state index in [-0.39, 0.29) is 29.2 Å². The van der Waals surface area contributed by atoms with Gasteiger partial charge in [0.15, 0.2) is 0 Å². The summed E-state index contributed by atoms with van der Waals surface area (Å²) < 4.78 is 27.6. The summed E-state index contributed by atoms with van der Waals surface area (Å²) in [6, 6.07) is 16.1. The molecule has 2 aromatic carbocycles. The third kappa shape index (κ3) is 3.97. The van der Waals surface area contributed by atoms with E-state index >= 15 is 0 Å². The lowest BCUT2D eigenvalue weighted by Crippen LogP contribution is -2.29. The molecule has 0 saturated carbocycles. The number of halogens is 1. The van der Waals surface area contributed by atoms with Crippen molar-refractivity contribution < 1.29 is 18.0 Å². The number of benzene rings is 2. The minimum absolute atomic E-state index is 0.0343. The molecule has 0 fully saturated rings. The van der Waals surface area contributed by atoms with E-state index in [9.17, 15) is 18.0 Å². The van der Waals surface area contributed by atoms with Crippen LogP contribution < -0.4 is 4.72 Å². The van der Waals surface area contributed by atoms with Gasteiger partial charge in [0.1, 0.15) is 5.69 Å². The number of rotatable bonds is 6. The fourth-order valence-electron chi connectivity index (χ4n) is 3.08. The smallest absolute Gasteiger partial charge is 0.268 e. The summed E-state index contributed by atoms with van der Waals surface area (Å²) in [5.41, 5.74) is 1.81. The Balaban J connectivity index is 1.44. The molecular weight excluding hydrogens is 426 g/mol. The highest BCUT2D eigenvalue weighted by molar-refractivity contribution is 7.89. The average Bonchev–Trinajstić information content (AvgIpc) is 2.99. The highest BCUT2D eigenvalue weighted by atomic mass is 35.5. The van der Waals surface area contributed by atoms with Gasteiger partial charge in [0.25, 0.3) is 11.8 Å². The van der Waals surface area contributed by atoms with E-state index in [1.165, 1.54) is 18.3 Å². The number of pyridine rings is 1. The van der Waals surface area contributed by atoms with E-state index in [2.05, 4.69) is 9.71 Å². The zero-order valence-electron chi connectivity index (χ0n) is 15.6. The number of hydrogen-bond acceptors (Lipinski definition) is 5. The van der Waals surface area contributed by atoms with Crippen molar-refractivity contribution in [1.29, 1.82) is 0 Å². The van der Waals surface area contributed by atoms with Crippen LogP contribution >= 0.6 is 11.6 Å². The van der Waals surface area contributed by atoms with Gasteiger partial charge in [-0.1, -0.05) is 35.9 Å². The van der Waals surface area contributed by atoms with Crippen molar-refractivity contribution in [1.82, 2.24) is 14.6 Å². The van der Waals surface area contributed by atoms with E-state index in [0.717, 1.165) is 10.5 Å². The molecule has 1 N–H and O–H groups in total. The van der Waals surface area contributed by atoms with E-state index in [1.54, 1.807) is 48.5 Å². The summed E-state index contributed by atoms with van der Waals surface area (Å²) in [6.07, 6.45) is 1.46. The van der Waals surface area contributed by atoms with Gasteiger partial charge < -0.3 is 0 Å². The van der Waals surface area contributed by atoms with Crippen molar-refractivity contribution in [3.63, 3.8) is 0 Å². The molecule has 1 aliphatic heterocycles. The monoisotopic (exact) mass is 441 g/mol. The van der Waals surface area contributed by atoms with E-state index in [1.807, 2.05) is 0 Å². The Kier molecular flexibility index (Phi) is 5.38. The SMILES string of the molecule is O=C1c2cccnc2C(=O)N1Cc1ccc(S(=O)(=O)NCc2ccc(Cl)cc2)cc1. The Morgan fingerprint density at radius 2 is 1.57 bits per heavy atom. The maximum atomic E-state index is 12.5. The summed E-state index contributed by atoms with van der Waals surface area (Å²) in [7, 11) is -3.72. The number of amides is 2. The second-order valence-electron chi connectivity index (χ2n) is 6.69. The molecule has 0 saturated heterocycles. The van der Waals surface area contributed by atoms with Crippen LogP contribution in [0.1, 0.15) is 32.0 Å². The lowest BCUT2D eigenvalue weighted by Gasteiger charge is -2.14. The normalized spacial score (nSPS) is 13.6. The summed E-state index contributed by atoms with van der Waals surface area (Å²) in [5, 5.41) is 0.575. The molecule has 9 heteroatoms. The van der Waals surface area contributed by atoms with Crippen molar-refractivity contribution in [2.24, 2.45) is 0 Å². The average molecular weight is 442 g/mol. The lowest BCUT2D eigenvalue weighted by molar-refractivity contribution is 0.0640. The molecule has 0 spiro atoms. The van der Waals surface area contributed by atoms with Gasteiger partial charge in [-0.15, -0.1) is 0 Å². The van der Waals surface area contributed by atoms with Crippen molar-refractivity contribution >= 4 is 33.4 Å². The minimum atomic E-state index is -3.72. The number of nitrogens with one attached hydrogen (secondary N) is 1. The molecule has 152 valence electrons. The first-order valence-corrected chi connectivity index (χ1v) is 10.9. The predicted molar refractivity (Wildman–Crippen MR) is 110 cm³/mol. The van der Waals surface area contributed by atoms with Gasteiger partial charge in [-0.3, -0.25) is 19.5 Å². The Hall–Kier alpha value is -3.07. The number of sulfonamides is 1. The molecule has 7 nitrogen and oxygen atoms in total. The van der Waals surface area contributed by atoms with Crippen LogP contribution in [0.4, 0.5) is 0 Å². The Labute approximate surface area is 178 Å². The van der Waals surface area contributed by atoms with E-state index in [4.69, 9.17) is 11.6 Å². The summed E-state index contributed by atoms with van der Waals surface area (Å²) in [6.45, 7) is 0.163. The molecular formula is C21H16ClN3O4S. The topological polar surface area (TPSA) is 96.4 Å². The van der Waals surface area contributed by atoms with Gasteiger partial charge >= 0.3 is 0 Å².